The van der Waals surface area contributed by atoms with E-state index in [4.69, 9.17) is 4.40 Å². The topological polar surface area (TPSA) is 39.1 Å². The van der Waals surface area contributed by atoms with Gasteiger partial charge in [-0.25, -0.2) is 0 Å². The molecule has 1 saturated heterocycles. The van der Waals surface area contributed by atoms with Crippen molar-refractivity contribution in [2.45, 2.75) is 65.7 Å². The van der Waals surface area contributed by atoms with E-state index >= 15 is 0 Å². The van der Waals surface area contributed by atoms with Gasteiger partial charge in [0.05, 0.1) is 5.69 Å². The van der Waals surface area contributed by atoms with Crippen molar-refractivity contribution < 1.29 is 4.79 Å². The van der Waals surface area contributed by atoms with Crippen LogP contribution < -0.4 is 4.90 Å². The Bertz CT molecular complexity index is 1080. The molecule has 0 unspecified atom stereocenters. The van der Waals surface area contributed by atoms with E-state index in [1.54, 1.807) is 0 Å². The molecule has 0 bridgehead atoms. The third-order valence-electron chi connectivity index (χ3n) is 7.54. The van der Waals surface area contributed by atoms with Crippen molar-refractivity contribution in [3.8, 4) is 0 Å². The van der Waals surface area contributed by atoms with Crippen LogP contribution in [0.4, 0.5) is 5.69 Å². The number of carbonyl (C=O) groups excluding carboxylic acids is 1. The van der Waals surface area contributed by atoms with Crippen molar-refractivity contribution in [1.29, 1.82) is 0 Å². The zero-order valence-electron chi connectivity index (χ0n) is 22.7. The predicted molar refractivity (Wildman–Crippen MR) is 155 cm³/mol. The van der Waals surface area contributed by atoms with Crippen LogP contribution in [0, 0.1) is 0 Å². The fraction of sp³-hybridized carbons (Fsp3) is 0.533. The minimum atomic E-state index is -0.0758. The summed E-state index contributed by atoms with van der Waals surface area (Å²) >= 11 is 1.54. The maximum absolute atomic E-state index is 12.6. The molecule has 4 heterocycles. The van der Waals surface area contributed by atoms with Crippen LogP contribution in [-0.2, 0) is 23.1 Å². The Hall–Kier alpha value is -2.31. The molecule has 1 aromatic carbocycles. The summed E-state index contributed by atoms with van der Waals surface area (Å²) in [7, 11) is 0. The molecular weight excluding hydrogens is 464 g/mol. The van der Waals surface area contributed by atoms with Gasteiger partial charge in [-0.3, -0.25) is 9.69 Å². The van der Waals surface area contributed by atoms with Gasteiger partial charge in [0.15, 0.2) is 0 Å². The van der Waals surface area contributed by atoms with E-state index < -0.39 is 0 Å². The van der Waals surface area contributed by atoms with Crippen LogP contribution in [0.25, 0.3) is 0 Å². The SMILES string of the molecule is CC.CC1=C\C=CC/C=C/S/N=C\1N1CCN(CCc2cc3c4c(c2)C(C)(C)CC(=O)N4CC3)CC1. The molecule has 1 amide bonds. The fourth-order valence-corrected chi connectivity index (χ4v) is 6.18. The molecular formula is C30H42N4OS. The van der Waals surface area contributed by atoms with Gasteiger partial charge < -0.3 is 9.80 Å². The molecule has 1 aromatic rings. The highest BCUT2D eigenvalue weighted by Crippen LogP contribution is 2.45. The van der Waals surface area contributed by atoms with Crippen LogP contribution in [0.2, 0.25) is 0 Å². The molecule has 5 nitrogen and oxygen atoms in total. The molecule has 6 heteroatoms. The van der Waals surface area contributed by atoms with Crippen LogP contribution in [0.3, 0.4) is 0 Å². The van der Waals surface area contributed by atoms with Crippen molar-refractivity contribution in [1.82, 2.24) is 9.80 Å². The molecule has 4 aliphatic rings. The zero-order chi connectivity index (χ0) is 25.7. The number of hydrogen-bond acceptors (Lipinski definition) is 5. The second-order valence-corrected chi connectivity index (χ2v) is 11.2. The highest BCUT2D eigenvalue weighted by Gasteiger charge is 2.40. The van der Waals surface area contributed by atoms with E-state index in [1.165, 1.54) is 39.9 Å². The quantitative estimate of drug-likeness (QED) is 0.478. The highest BCUT2D eigenvalue weighted by molar-refractivity contribution is 8.01. The molecule has 4 aliphatic heterocycles. The highest BCUT2D eigenvalue weighted by atomic mass is 32.2. The molecule has 0 aromatic heterocycles. The maximum atomic E-state index is 12.6. The number of rotatable bonds is 3. The number of carbonyl (C=O) groups is 1. The minimum Gasteiger partial charge on any atom is -0.353 e. The van der Waals surface area contributed by atoms with E-state index in [1.807, 2.05) is 18.7 Å². The lowest BCUT2D eigenvalue weighted by molar-refractivity contribution is -0.120. The summed E-state index contributed by atoms with van der Waals surface area (Å²) in [5.41, 5.74) is 6.54. The summed E-state index contributed by atoms with van der Waals surface area (Å²) in [6, 6.07) is 4.76. The third-order valence-corrected chi connectivity index (χ3v) is 8.13. The van der Waals surface area contributed by atoms with Crippen molar-refractivity contribution >= 4 is 29.4 Å². The average molecular weight is 507 g/mol. The molecule has 0 atom stereocenters. The third kappa shape index (κ3) is 5.81. The first kappa shape index (κ1) is 26.7. The number of amides is 1. The first-order valence-electron chi connectivity index (χ1n) is 13.6. The van der Waals surface area contributed by atoms with E-state index in [9.17, 15) is 4.79 Å². The lowest BCUT2D eigenvalue weighted by Crippen LogP contribution is -2.49. The standard InChI is InChI=1S/C28H36N4OS.C2H6/c1-21-8-6-4-5-7-17-34-29-27(21)31-15-13-30(14-16-31)11-9-22-18-23-10-12-32-25(33)20-28(2,3)24(19-22)26(23)32;1-2/h4,6-8,17-19H,5,9-16,20H2,1-3H3;1-2H3/b6-4?,17-7+,21-8+,29-27+;. The Balaban J connectivity index is 0.00000148. The van der Waals surface area contributed by atoms with Crippen LogP contribution in [0.1, 0.15) is 64.2 Å². The number of hydrogen-bond donors (Lipinski definition) is 0. The van der Waals surface area contributed by atoms with Crippen LogP contribution in [-0.4, -0.2) is 60.8 Å². The molecule has 5 rings (SSSR count). The van der Waals surface area contributed by atoms with E-state index in [0.29, 0.717) is 6.42 Å². The zero-order valence-corrected chi connectivity index (χ0v) is 23.5. The van der Waals surface area contributed by atoms with Crippen molar-refractivity contribution in [2.75, 3.05) is 44.2 Å². The van der Waals surface area contributed by atoms with Gasteiger partial charge >= 0.3 is 0 Å². The van der Waals surface area contributed by atoms with Gasteiger partial charge in [-0.05, 0) is 53.9 Å². The van der Waals surface area contributed by atoms with Crippen LogP contribution in [0.5, 0.6) is 0 Å². The number of nitrogens with zero attached hydrogens (tertiary/aromatic N) is 4. The van der Waals surface area contributed by atoms with Gasteiger partial charge in [-0.15, -0.1) is 0 Å². The van der Waals surface area contributed by atoms with E-state index in [-0.39, 0.29) is 11.3 Å². The molecule has 0 aliphatic carbocycles. The molecule has 0 radical (unpaired) electrons. The first-order chi connectivity index (χ1) is 17.4. The Labute approximate surface area is 222 Å². The number of benzene rings is 1. The lowest BCUT2D eigenvalue weighted by Gasteiger charge is -2.38. The number of amidine groups is 1. The molecule has 1 fully saturated rings. The first-order valence-corrected chi connectivity index (χ1v) is 14.4. The molecule has 194 valence electrons. The second-order valence-electron chi connectivity index (χ2n) is 10.5. The predicted octanol–water partition coefficient (Wildman–Crippen LogP) is 5.91. The number of anilines is 1. The molecule has 0 spiro atoms. The number of allylic oxidation sites excluding steroid dienone is 4. The lowest BCUT2D eigenvalue weighted by atomic mass is 9.76. The fourth-order valence-electron chi connectivity index (χ4n) is 5.56. The summed E-state index contributed by atoms with van der Waals surface area (Å²) in [5.74, 6) is 1.40. The number of piperazine rings is 1. The van der Waals surface area contributed by atoms with E-state index in [0.717, 1.165) is 64.4 Å². The van der Waals surface area contributed by atoms with Gasteiger partial charge in [0.1, 0.15) is 5.84 Å². The van der Waals surface area contributed by atoms with E-state index in [2.05, 4.69) is 72.4 Å². The van der Waals surface area contributed by atoms with Gasteiger partial charge in [-0.1, -0.05) is 64.1 Å². The van der Waals surface area contributed by atoms with Crippen molar-refractivity contribution in [3.63, 3.8) is 0 Å². The normalized spacial score (nSPS) is 25.2. The summed E-state index contributed by atoms with van der Waals surface area (Å²) in [4.78, 5) is 19.6. The van der Waals surface area contributed by atoms with Gasteiger partial charge in [0, 0.05) is 63.1 Å². The van der Waals surface area contributed by atoms with Gasteiger partial charge in [0.25, 0.3) is 0 Å². The molecule has 36 heavy (non-hydrogen) atoms. The maximum Gasteiger partial charge on any atom is 0.227 e. The Morgan fingerprint density at radius 1 is 1.06 bits per heavy atom. The van der Waals surface area contributed by atoms with Crippen LogP contribution in [0.15, 0.2) is 51.8 Å². The summed E-state index contributed by atoms with van der Waals surface area (Å²) in [6.45, 7) is 16.7. The summed E-state index contributed by atoms with van der Waals surface area (Å²) in [6.07, 6.45) is 12.3. The molecule has 0 saturated carbocycles. The monoisotopic (exact) mass is 506 g/mol. The smallest absolute Gasteiger partial charge is 0.227 e. The van der Waals surface area contributed by atoms with Crippen molar-refractivity contribution in [2.24, 2.45) is 4.40 Å². The average Bonchev–Trinajstić information content (AvgIpc) is 3.31. The van der Waals surface area contributed by atoms with Gasteiger partial charge in [0.2, 0.25) is 5.91 Å². The Kier molecular flexibility index (Phi) is 8.78. The summed E-state index contributed by atoms with van der Waals surface area (Å²) in [5, 5.41) is 2.08. The largest absolute Gasteiger partial charge is 0.353 e. The summed E-state index contributed by atoms with van der Waals surface area (Å²) < 4.78 is 4.81. The van der Waals surface area contributed by atoms with Crippen LogP contribution >= 0.6 is 11.9 Å². The van der Waals surface area contributed by atoms with Gasteiger partial charge in [-0.2, -0.15) is 4.40 Å². The minimum absolute atomic E-state index is 0.0758. The Morgan fingerprint density at radius 2 is 1.83 bits per heavy atom. The second kappa shape index (κ2) is 11.8. The molecule has 0 N–H and O–H groups in total. The Morgan fingerprint density at radius 3 is 2.61 bits per heavy atom. The van der Waals surface area contributed by atoms with Crippen molar-refractivity contribution in [3.05, 3.63) is 64.1 Å².